The zero-order valence-corrected chi connectivity index (χ0v) is 8.48. The molecule has 1 fully saturated rings. The second kappa shape index (κ2) is 5.05. The fourth-order valence-corrected chi connectivity index (χ4v) is 2.04. The molecule has 0 heterocycles. The minimum Gasteiger partial charge on any atom is -0.750 e. The molecule has 0 radical (unpaired) electrons. The number of hydrogen-bond acceptors (Lipinski definition) is 4. The van der Waals surface area contributed by atoms with Crippen molar-refractivity contribution in [1.29, 1.82) is 0 Å². The van der Waals surface area contributed by atoms with Gasteiger partial charge in [0.25, 0.3) is 0 Å². The molecule has 0 saturated heterocycles. The number of hydrogen-bond donors (Lipinski definition) is 1. The fourth-order valence-electron chi connectivity index (χ4n) is 1.82. The van der Waals surface area contributed by atoms with Crippen LogP contribution in [-0.4, -0.2) is 20.9 Å². The predicted molar refractivity (Wildman–Crippen MR) is 49.5 cm³/mol. The van der Waals surface area contributed by atoms with Gasteiger partial charge >= 0.3 is 0 Å². The van der Waals surface area contributed by atoms with Gasteiger partial charge in [0.05, 0.1) is 18.0 Å². The first-order valence-corrected chi connectivity index (χ1v) is 5.64. The summed E-state index contributed by atoms with van der Waals surface area (Å²) in [5.74, 6) is 0. The van der Waals surface area contributed by atoms with Gasteiger partial charge < -0.3 is 14.5 Å². The molecular weight excluding hydrogens is 190 g/mol. The van der Waals surface area contributed by atoms with E-state index in [1.165, 1.54) is 6.42 Å². The molecule has 2 N–H and O–H groups in total. The largest absolute Gasteiger partial charge is 0.750 e. The van der Waals surface area contributed by atoms with Crippen LogP contribution in [-0.2, 0) is 15.5 Å². The summed E-state index contributed by atoms with van der Waals surface area (Å²) in [6.45, 7) is 0.215. The lowest BCUT2D eigenvalue weighted by Gasteiger charge is -2.33. The van der Waals surface area contributed by atoms with E-state index in [4.69, 9.17) is 5.73 Å². The highest BCUT2D eigenvalue weighted by atomic mass is 32.2. The second-order valence-corrected chi connectivity index (χ2v) is 4.34. The highest BCUT2D eigenvalue weighted by molar-refractivity contribution is 7.74. The van der Waals surface area contributed by atoms with Gasteiger partial charge in [-0.1, -0.05) is 19.3 Å². The topological polar surface area (TPSA) is 75.4 Å². The lowest BCUT2D eigenvalue weighted by molar-refractivity contribution is 0.213. The Bertz CT molecular complexity index is 180. The third kappa shape index (κ3) is 4.17. The summed E-state index contributed by atoms with van der Waals surface area (Å²) in [5, 5.41) is 0. The molecule has 1 aliphatic carbocycles. The van der Waals surface area contributed by atoms with Crippen LogP contribution >= 0.6 is 0 Å². The Kier molecular flexibility index (Phi) is 4.31. The van der Waals surface area contributed by atoms with Crippen molar-refractivity contribution < 1.29 is 12.9 Å². The van der Waals surface area contributed by atoms with Gasteiger partial charge in [0.2, 0.25) is 0 Å². The SMILES string of the molecule is NC1(CCOS(=O)[O-])CCCCC1. The van der Waals surface area contributed by atoms with Gasteiger partial charge in [-0.25, -0.2) is 4.21 Å². The van der Waals surface area contributed by atoms with Crippen LogP contribution in [0, 0.1) is 0 Å². The maximum atomic E-state index is 10.1. The lowest BCUT2D eigenvalue weighted by atomic mass is 9.80. The average molecular weight is 206 g/mol. The Hall–Kier alpha value is 0.0300. The van der Waals surface area contributed by atoms with Crippen LogP contribution < -0.4 is 5.73 Å². The van der Waals surface area contributed by atoms with Gasteiger partial charge in [0, 0.05) is 5.54 Å². The molecule has 0 aliphatic heterocycles. The van der Waals surface area contributed by atoms with Gasteiger partial charge in [-0.2, -0.15) is 0 Å². The van der Waals surface area contributed by atoms with Gasteiger partial charge in [-0.15, -0.1) is 0 Å². The Balaban J connectivity index is 2.21. The Morgan fingerprint density at radius 1 is 1.38 bits per heavy atom. The summed E-state index contributed by atoms with van der Waals surface area (Å²) in [6, 6.07) is 0. The van der Waals surface area contributed by atoms with Crippen LogP contribution in [0.1, 0.15) is 38.5 Å². The highest BCUT2D eigenvalue weighted by Gasteiger charge is 2.26. The van der Waals surface area contributed by atoms with E-state index in [0.717, 1.165) is 25.7 Å². The molecule has 1 atom stereocenters. The molecule has 1 unspecified atom stereocenters. The molecule has 0 spiro atoms. The van der Waals surface area contributed by atoms with Crippen LogP contribution in [0.25, 0.3) is 0 Å². The molecule has 0 aromatic heterocycles. The quantitative estimate of drug-likeness (QED) is 0.692. The van der Waals surface area contributed by atoms with Crippen molar-refractivity contribution in [3.05, 3.63) is 0 Å². The number of nitrogens with two attached hydrogens (primary N) is 1. The maximum Gasteiger partial charge on any atom is 0.0842 e. The normalized spacial score (nSPS) is 24.2. The summed E-state index contributed by atoms with van der Waals surface area (Å²) in [5.41, 5.74) is 5.88. The molecule has 1 rings (SSSR count). The molecule has 0 aromatic carbocycles. The Labute approximate surface area is 81.3 Å². The smallest absolute Gasteiger partial charge is 0.0842 e. The summed E-state index contributed by atoms with van der Waals surface area (Å²) < 4.78 is 24.6. The predicted octanol–water partition coefficient (Wildman–Crippen LogP) is 0.849. The van der Waals surface area contributed by atoms with Crippen molar-refractivity contribution in [3.8, 4) is 0 Å². The van der Waals surface area contributed by atoms with Crippen LogP contribution in [0.2, 0.25) is 0 Å². The summed E-state index contributed by atoms with van der Waals surface area (Å²) in [6.07, 6.45) is 6.16. The van der Waals surface area contributed by atoms with Crippen molar-refractivity contribution in [1.82, 2.24) is 0 Å². The molecule has 4 nitrogen and oxygen atoms in total. The van der Waals surface area contributed by atoms with Crippen molar-refractivity contribution in [3.63, 3.8) is 0 Å². The van der Waals surface area contributed by atoms with Gasteiger partial charge in [0.15, 0.2) is 0 Å². The van der Waals surface area contributed by atoms with E-state index in [1.54, 1.807) is 0 Å². The average Bonchev–Trinajstić information content (AvgIpc) is 2.04. The second-order valence-electron chi connectivity index (χ2n) is 3.70. The summed E-state index contributed by atoms with van der Waals surface area (Å²) >= 11 is -2.39. The van der Waals surface area contributed by atoms with Crippen molar-refractivity contribution in [2.45, 2.75) is 44.1 Å². The van der Waals surface area contributed by atoms with E-state index >= 15 is 0 Å². The van der Waals surface area contributed by atoms with E-state index in [0.29, 0.717) is 6.42 Å². The minimum absolute atomic E-state index is 0.183. The monoisotopic (exact) mass is 206 g/mol. The molecule has 5 heteroatoms. The van der Waals surface area contributed by atoms with Crippen LogP contribution in [0.4, 0.5) is 0 Å². The Morgan fingerprint density at radius 2 is 2.00 bits per heavy atom. The first-order valence-electron chi connectivity index (χ1n) is 4.64. The van der Waals surface area contributed by atoms with E-state index in [9.17, 15) is 8.76 Å². The molecular formula is C8H16NO3S-. The third-order valence-corrected chi connectivity index (χ3v) is 2.99. The van der Waals surface area contributed by atoms with E-state index in [-0.39, 0.29) is 12.1 Å². The minimum atomic E-state index is -2.39. The van der Waals surface area contributed by atoms with Gasteiger partial charge in [-0.05, 0) is 19.3 Å². The molecule has 1 aliphatic rings. The molecule has 13 heavy (non-hydrogen) atoms. The first-order chi connectivity index (χ1) is 6.12. The van der Waals surface area contributed by atoms with Crippen LogP contribution in [0.15, 0.2) is 0 Å². The van der Waals surface area contributed by atoms with E-state index < -0.39 is 11.4 Å². The first kappa shape index (κ1) is 11.1. The molecule has 78 valence electrons. The van der Waals surface area contributed by atoms with Crippen LogP contribution in [0.3, 0.4) is 0 Å². The number of rotatable bonds is 4. The molecule has 0 amide bonds. The van der Waals surface area contributed by atoms with Crippen molar-refractivity contribution in [2.75, 3.05) is 6.61 Å². The van der Waals surface area contributed by atoms with E-state index in [1.807, 2.05) is 0 Å². The standard InChI is InChI=1S/C8H17NO3S/c9-8(4-2-1-3-5-8)6-7-12-13(10)11/h1-7,9H2,(H,10,11)/p-1. The van der Waals surface area contributed by atoms with Crippen LogP contribution in [0.5, 0.6) is 0 Å². The fraction of sp³-hybridized carbons (Fsp3) is 1.00. The van der Waals surface area contributed by atoms with Crippen molar-refractivity contribution in [2.24, 2.45) is 5.73 Å². The highest BCUT2D eigenvalue weighted by Crippen LogP contribution is 2.28. The summed E-state index contributed by atoms with van der Waals surface area (Å²) in [4.78, 5) is 0. The van der Waals surface area contributed by atoms with Gasteiger partial charge in [-0.3, -0.25) is 0 Å². The zero-order valence-electron chi connectivity index (χ0n) is 7.66. The lowest BCUT2D eigenvalue weighted by Crippen LogP contribution is -2.42. The molecule has 0 bridgehead atoms. The summed E-state index contributed by atoms with van der Waals surface area (Å²) in [7, 11) is 0. The van der Waals surface area contributed by atoms with Gasteiger partial charge in [0.1, 0.15) is 0 Å². The Morgan fingerprint density at radius 3 is 2.54 bits per heavy atom. The van der Waals surface area contributed by atoms with Crippen molar-refractivity contribution >= 4 is 11.4 Å². The molecule has 0 aromatic rings. The third-order valence-electron chi connectivity index (χ3n) is 2.63. The maximum absolute atomic E-state index is 10.1. The molecule has 1 saturated carbocycles. The zero-order chi connectivity index (χ0) is 9.73. The van der Waals surface area contributed by atoms with E-state index in [2.05, 4.69) is 4.18 Å².